The van der Waals surface area contributed by atoms with Crippen LogP contribution in [0.2, 0.25) is 0 Å². The third kappa shape index (κ3) is 3.42. The molecule has 4 rings (SSSR count). The molecule has 1 aliphatic heterocycles. The third-order valence-corrected chi connectivity index (χ3v) is 4.58. The first-order valence-corrected chi connectivity index (χ1v) is 8.62. The van der Waals surface area contributed by atoms with Crippen LogP contribution in [0.25, 0.3) is 22.3 Å². The van der Waals surface area contributed by atoms with Gasteiger partial charge in [0.25, 0.3) is 0 Å². The van der Waals surface area contributed by atoms with Crippen molar-refractivity contribution in [3.63, 3.8) is 0 Å². The van der Waals surface area contributed by atoms with E-state index in [0.29, 0.717) is 40.4 Å². The number of hydrogen-bond acceptors (Lipinski definition) is 7. The fraction of sp³-hybridized carbons (Fsp3) is 0.333. The number of ether oxygens (including phenoxy) is 1. The molecular formula is C18H17F3N6O. The molecule has 1 N–H and O–H groups in total. The third-order valence-electron chi connectivity index (χ3n) is 4.58. The van der Waals surface area contributed by atoms with E-state index in [0.717, 1.165) is 0 Å². The minimum atomic E-state index is -4.35. The number of pyridine rings is 2. The van der Waals surface area contributed by atoms with Gasteiger partial charge in [-0.25, -0.2) is 9.97 Å². The van der Waals surface area contributed by atoms with Gasteiger partial charge in [0.15, 0.2) is 5.82 Å². The highest BCUT2D eigenvalue weighted by atomic mass is 19.4. The van der Waals surface area contributed by atoms with Crippen LogP contribution in [0.5, 0.6) is 5.75 Å². The summed E-state index contributed by atoms with van der Waals surface area (Å²) in [4.78, 5) is 18.9. The Hall–Kier alpha value is -3.01. The molecule has 28 heavy (non-hydrogen) atoms. The number of methoxy groups -OCH3 is 1. The van der Waals surface area contributed by atoms with E-state index in [-0.39, 0.29) is 13.1 Å². The van der Waals surface area contributed by atoms with Gasteiger partial charge in [0.1, 0.15) is 17.6 Å². The van der Waals surface area contributed by atoms with Crippen molar-refractivity contribution >= 4 is 16.7 Å². The van der Waals surface area contributed by atoms with Crippen molar-refractivity contribution in [1.29, 1.82) is 0 Å². The van der Waals surface area contributed by atoms with Crippen molar-refractivity contribution in [3.05, 3.63) is 36.9 Å². The summed E-state index contributed by atoms with van der Waals surface area (Å²) in [5.74, 6) is 1.20. The summed E-state index contributed by atoms with van der Waals surface area (Å²) in [5.41, 5.74) is 1.21. The lowest BCUT2D eigenvalue weighted by molar-refractivity contribution is -0.155. The summed E-state index contributed by atoms with van der Waals surface area (Å²) in [6, 6.07) is 1.85. The molecule has 0 spiro atoms. The van der Waals surface area contributed by atoms with Crippen LogP contribution < -0.4 is 15.0 Å². The van der Waals surface area contributed by atoms with Crippen molar-refractivity contribution in [2.45, 2.75) is 12.2 Å². The lowest BCUT2D eigenvalue weighted by atomic mass is 10.1. The second kappa shape index (κ2) is 7.19. The first kappa shape index (κ1) is 18.4. The predicted octanol–water partition coefficient (Wildman–Crippen LogP) is 2.44. The molecule has 1 fully saturated rings. The number of alkyl halides is 3. The average molecular weight is 390 g/mol. The molecule has 1 unspecified atom stereocenters. The van der Waals surface area contributed by atoms with Crippen LogP contribution in [-0.4, -0.2) is 58.9 Å². The van der Waals surface area contributed by atoms with Crippen molar-refractivity contribution in [2.24, 2.45) is 0 Å². The molecule has 0 aromatic carbocycles. The Morgan fingerprint density at radius 3 is 2.64 bits per heavy atom. The number of hydrogen-bond donors (Lipinski definition) is 1. The van der Waals surface area contributed by atoms with E-state index in [1.54, 1.807) is 35.6 Å². The van der Waals surface area contributed by atoms with E-state index in [1.807, 2.05) is 0 Å². The summed E-state index contributed by atoms with van der Waals surface area (Å²) in [7, 11) is 1.48. The van der Waals surface area contributed by atoms with Gasteiger partial charge in [-0.05, 0) is 12.1 Å². The molecule has 3 aromatic rings. The number of anilines is 1. The maximum absolute atomic E-state index is 13.3. The predicted molar refractivity (Wildman–Crippen MR) is 97.2 cm³/mol. The van der Waals surface area contributed by atoms with Crippen molar-refractivity contribution < 1.29 is 17.9 Å². The highest BCUT2D eigenvalue weighted by Gasteiger charge is 2.42. The minimum absolute atomic E-state index is 0.188. The molecule has 3 aromatic heterocycles. The number of piperazine rings is 1. The van der Waals surface area contributed by atoms with E-state index in [2.05, 4.69) is 25.3 Å². The van der Waals surface area contributed by atoms with Crippen LogP contribution in [0.1, 0.15) is 0 Å². The Morgan fingerprint density at radius 1 is 1.14 bits per heavy atom. The SMILES string of the molecule is COc1cncc2nc(-c3ccncc3)nc(N3CCNC(C(F)(F)F)C3)c12. The normalized spacial score (nSPS) is 17.7. The molecule has 146 valence electrons. The number of halogens is 3. The molecule has 1 atom stereocenters. The van der Waals surface area contributed by atoms with Crippen LogP contribution in [0.4, 0.5) is 19.0 Å². The van der Waals surface area contributed by atoms with Gasteiger partial charge in [-0.15, -0.1) is 0 Å². The first-order chi connectivity index (χ1) is 13.5. The van der Waals surface area contributed by atoms with Crippen molar-refractivity contribution in [1.82, 2.24) is 25.3 Å². The number of nitrogens with zero attached hydrogens (tertiary/aromatic N) is 5. The molecule has 4 heterocycles. The zero-order chi connectivity index (χ0) is 19.7. The first-order valence-electron chi connectivity index (χ1n) is 8.62. The van der Waals surface area contributed by atoms with E-state index in [4.69, 9.17) is 4.74 Å². The minimum Gasteiger partial charge on any atom is -0.494 e. The Bertz CT molecular complexity index is 982. The molecular weight excluding hydrogens is 373 g/mol. The molecule has 0 radical (unpaired) electrons. The lowest BCUT2D eigenvalue weighted by Crippen LogP contribution is -2.57. The Labute approximate surface area is 158 Å². The highest BCUT2D eigenvalue weighted by Crippen LogP contribution is 2.35. The standard InChI is InChI=1S/C18H17F3N6O/c1-28-13-9-23-8-12-15(13)17(26-16(25-12)11-2-4-22-5-3-11)27-7-6-24-14(10-27)18(19,20)21/h2-5,8-9,14,24H,6-7,10H2,1H3. The second-order valence-electron chi connectivity index (χ2n) is 6.34. The Balaban J connectivity index is 1.87. The Morgan fingerprint density at radius 2 is 1.93 bits per heavy atom. The monoisotopic (exact) mass is 390 g/mol. The van der Waals surface area contributed by atoms with Crippen LogP contribution in [-0.2, 0) is 0 Å². The Kier molecular flexibility index (Phi) is 4.71. The molecule has 7 nitrogen and oxygen atoms in total. The maximum Gasteiger partial charge on any atom is 0.405 e. The van der Waals surface area contributed by atoms with Gasteiger partial charge in [0, 0.05) is 37.6 Å². The van der Waals surface area contributed by atoms with Crippen LogP contribution in [0, 0.1) is 0 Å². The fourth-order valence-electron chi connectivity index (χ4n) is 3.21. The zero-order valence-corrected chi connectivity index (χ0v) is 14.9. The van der Waals surface area contributed by atoms with Gasteiger partial charge in [-0.1, -0.05) is 0 Å². The van der Waals surface area contributed by atoms with Crippen LogP contribution in [0.3, 0.4) is 0 Å². The largest absolute Gasteiger partial charge is 0.494 e. The average Bonchev–Trinajstić information content (AvgIpc) is 2.72. The van der Waals surface area contributed by atoms with Gasteiger partial charge < -0.3 is 15.0 Å². The van der Waals surface area contributed by atoms with Crippen LogP contribution in [0.15, 0.2) is 36.9 Å². The summed E-state index contributed by atoms with van der Waals surface area (Å²) in [6.45, 7) is 0.310. The smallest absolute Gasteiger partial charge is 0.405 e. The van der Waals surface area contributed by atoms with Crippen molar-refractivity contribution in [2.75, 3.05) is 31.6 Å². The highest BCUT2D eigenvalue weighted by molar-refractivity contribution is 5.95. The number of nitrogens with one attached hydrogen (secondary N) is 1. The van der Waals surface area contributed by atoms with Gasteiger partial charge in [0.2, 0.25) is 0 Å². The van der Waals surface area contributed by atoms with E-state index < -0.39 is 12.2 Å². The topological polar surface area (TPSA) is 76.1 Å². The number of rotatable bonds is 3. The fourth-order valence-corrected chi connectivity index (χ4v) is 3.21. The summed E-state index contributed by atoms with van der Waals surface area (Å²) in [6.07, 6.45) is 1.93. The summed E-state index contributed by atoms with van der Waals surface area (Å²) < 4.78 is 45.2. The van der Waals surface area contributed by atoms with E-state index >= 15 is 0 Å². The molecule has 0 saturated carbocycles. The van der Waals surface area contributed by atoms with Gasteiger partial charge in [0.05, 0.1) is 30.4 Å². The molecule has 0 amide bonds. The molecule has 1 aliphatic rings. The summed E-state index contributed by atoms with van der Waals surface area (Å²) in [5, 5.41) is 3.06. The van der Waals surface area contributed by atoms with E-state index in [1.165, 1.54) is 13.3 Å². The van der Waals surface area contributed by atoms with E-state index in [9.17, 15) is 13.2 Å². The lowest BCUT2D eigenvalue weighted by Gasteiger charge is -2.36. The zero-order valence-electron chi connectivity index (χ0n) is 14.9. The van der Waals surface area contributed by atoms with Gasteiger partial charge in [-0.2, -0.15) is 13.2 Å². The van der Waals surface area contributed by atoms with Gasteiger partial charge >= 0.3 is 6.18 Å². The second-order valence-corrected chi connectivity index (χ2v) is 6.34. The van der Waals surface area contributed by atoms with Crippen LogP contribution >= 0.6 is 0 Å². The quantitative estimate of drug-likeness (QED) is 0.736. The maximum atomic E-state index is 13.3. The summed E-state index contributed by atoms with van der Waals surface area (Å²) >= 11 is 0. The molecule has 0 bridgehead atoms. The molecule has 0 aliphatic carbocycles. The number of fused-ring (bicyclic) bond motifs is 1. The van der Waals surface area contributed by atoms with Gasteiger partial charge in [-0.3, -0.25) is 9.97 Å². The van der Waals surface area contributed by atoms with Crippen molar-refractivity contribution in [3.8, 4) is 17.1 Å². The molecule has 1 saturated heterocycles. The number of aromatic nitrogens is 4. The molecule has 10 heteroatoms.